The average Bonchev–Trinajstić information content (AvgIpc) is 2.81. The van der Waals surface area contributed by atoms with Crippen molar-refractivity contribution in [3.63, 3.8) is 0 Å². The number of ether oxygens (including phenoxy) is 2. The van der Waals surface area contributed by atoms with Gasteiger partial charge in [0.2, 0.25) is 0 Å². The summed E-state index contributed by atoms with van der Waals surface area (Å²) in [4.78, 5) is 14.1. The standard InChI is InChI=1S/C13H21N3O3S/c1-4-19-13(17)10-11(14)15-20-12(10)16-6-5-8(2)9(7-16)18-3/h8-9H,4-7H2,1-3H3,(H2,14,15). The lowest BCUT2D eigenvalue weighted by Crippen LogP contribution is -2.44. The third kappa shape index (κ3) is 2.88. The van der Waals surface area contributed by atoms with Crippen molar-refractivity contribution in [2.24, 2.45) is 5.92 Å². The van der Waals surface area contributed by atoms with E-state index in [0.29, 0.717) is 18.1 Å². The van der Waals surface area contributed by atoms with E-state index in [-0.39, 0.29) is 11.9 Å². The van der Waals surface area contributed by atoms with Gasteiger partial charge in [-0.15, -0.1) is 0 Å². The molecule has 1 fully saturated rings. The van der Waals surface area contributed by atoms with Crippen molar-refractivity contribution in [1.29, 1.82) is 0 Å². The number of anilines is 2. The Balaban J connectivity index is 2.23. The Morgan fingerprint density at radius 1 is 1.60 bits per heavy atom. The van der Waals surface area contributed by atoms with E-state index in [1.807, 2.05) is 0 Å². The first-order chi connectivity index (χ1) is 9.58. The highest BCUT2D eigenvalue weighted by atomic mass is 32.1. The topological polar surface area (TPSA) is 77.7 Å². The molecule has 0 aliphatic carbocycles. The van der Waals surface area contributed by atoms with Crippen LogP contribution in [0.25, 0.3) is 0 Å². The zero-order valence-corrected chi connectivity index (χ0v) is 12.9. The highest BCUT2D eigenvalue weighted by Gasteiger charge is 2.31. The molecule has 20 heavy (non-hydrogen) atoms. The van der Waals surface area contributed by atoms with Crippen molar-refractivity contribution >= 4 is 28.3 Å². The summed E-state index contributed by atoms with van der Waals surface area (Å²) in [7, 11) is 1.72. The minimum Gasteiger partial charge on any atom is -0.462 e. The molecular formula is C13H21N3O3S. The summed E-state index contributed by atoms with van der Waals surface area (Å²) in [6, 6.07) is 0. The molecule has 2 atom stereocenters. The van der Waals surface area contributed by atoms with Gasteiger partial charge in [-0.25, -0.2) is 4.79 Å². The third-order valence-corrected chi connectivity index (χ3v) is 4.58. The number of hydrogen-bond acceptors (Lipinski definition) is 7. The van der Waals surface area contributed by atoms with Crippen LogP contribution in [0.15, 0.2) is 0 Å². The summed E-state index contributed by atoms with van der Waals surface area (Å²) in [5.41, 5.74) is 6.20. The van der Waals surface area contributed by atoms with Crippen LogP contribution >= 0.6 is 11.5 Å². The first kappa shape index (κ1) is 15.1. The molecule has 6 nitrogen and oxygen atoms in total. The van der Waals surface area contributed by atoms with E-state index in [1.54, 1.807) is 14.0 Å². The van der Waals surface area contributed by atoms with Crippen LogP contribution in [0, 0.1) is 5.92 Å². The predicted molar refractivity (Wildman–Crippen MR) is 79.3 cm³/mol. The molecule has 0 saturated carbocycles. The number of rotatable bonds is 4. The lowest BCUT2D eigenvalue weighted by molar-refractivity contribution is 0.0489. The van der Waals surface area contributed by atoms with Crippen molar-refractivity contribution in [1.82, 2.24) is 4.37 Å². The van der Waals surface area contributed by atoms with Crippen LogP contribution in [-0.4, -0.2) is 43.3 Å². The first-order valence-corrected chi connectivity index (χ1v) is 7.55. The van der Waals surface area contributed by atoms with E-state index in [9.17, 15) is 4.79 Å². The summed E-state index contributed by atoms with van der Waals surface area (Å²) in [5, 5.41) is 0.787. The number of nitrogens with two attached hydrogens (primary N) is 1. The highest BCUT2D eigenvalue weighted by molar-refractivity contribution is 7.11. The van der Waals surface area contributed by atoms with Gasteiger partial charge in [-0.2, -0.15) is 4.37 Å². The second-order valence-electron chi connectivity index (χ2n) is 4.95. The van der Waals surface area contributed by atoms with E-state index >= 15 is 0 Å². The van der Waals surface area contributed by atoms with Gasteiger partial charge in [0.15, 0.2) is 5.82 Å². The zero-order valence-electron chi connectivity index (χ0n) is 12.1. The molecule has 0 bridgehead atoms. The fourth-order valence-electron chi connectivity index (χ4n) is 2.43. The van der Waals surface area contributed by atoms with Gasteiger partial charge in [0.1, 0.15) is 10.6 Å². The number of nitrogen functional groups attached to an aromatic ring is 1. The Morgan fingerprint density at radius 2 is 2.35 bits per heavy atom. The smallest absolute Gasteiger partial charge is 0.345 e. The molecule has 112 valence electrons. The van der Waals surface area contributed by atoms with Crippen LogP contribution in [0.2, 0.25) is 0 Å². The molecule has 7 heteroatoms. The van der Waals surface area contributed by atoms with Gasteiger partial charge in [0, 0.05) is 20.2 Å². The summed E-state index contributed by atoms with van der Waals surface area (Å²) < 4.78 is 14.7. The van der Waals surface area contributed by atoms with Gasteiger partial charge < -0.3 is 20.1 Å². The fourth-order valence-corrected chi connectivity index (χ4v) is 3.27. The molecule has 1 aromatic rings. The molecule has 1 aliphatic rings. The van der Waals surface area contributed by atoms with Crippen molar-refractivity contribution < 1.29 is 14.3 Å². The van der Waals surface area contributed by atoms with Crippen molar-refractivity contribution in [2.75, 3.05) is 37.4 Å². The van der Waals surface area contributed by atoms with E-state index in [1.165, 1.54) is 11.5 Å². The quantitative estimate of drug-likeness (QED) is 0.854. The monoisotopic (exact) mass is 299 g/mol. The normalized spacial score (nSPS) is 22.9. The molecule has 1 saturated heterocycles. The summed E-state index contributed by atoms with van der Waals surface area (Å²) in [6.45, 7) is 5.89. The minimum atomic E-state index is -0.402. The van der Waals surface area contributed by atoms with Gasteiger partial charge in [-0.3, -0.25) is 0 Å². The van der Waals surface area contributed by atoms with Crippen molar-refractivity contribution in [2.45, 2.75) is 26.4 Å². The Hall–Kier alpha value is -1.34. The third-order valence-electron chi connectivity index (χ3n) is 3.66. The lowest BCUT2D eigenvalue weighted by atomic mass is 9.96. The minimum absolute atomic E-state index is 0.155. The van der Waals surface area contributed by atoms with E-state index < -0.39 is 5.97 Å². The predicted octanol–water partition coefficient (Wildman–Crippen LogP) is 1.76. The number of carbonyl (C=O) groups is 1. The molecule has 0 radical (unpaired) electrons. The van der Waals surface area contributed by atoms with Gasteiger partial charge in [-0.05, 0) is 30.8 Å². The van der Waals surface area contributed by atoms with E-state index in [2.05, 4.69) is 16.2 Å². The van der Waals surface area contributed by atoms with Gasteiger partial charge in [0.25, 0.3) is 0 Å². The summed E-state index contributed by atoms with van der Waals surface area (Å²) in [5.74, 6) is 0.352. The Morgan fingerprint density at radius 3 is 3.00 bits per heavy atom. The van der Waals surface area contributed by atoms with Crippen LogP contribution in [0.4, 0.5) is 10.8 Å². The second-order valence-corrected chi connectivity index (χ2v) is 5.71. The van der Waals surface area contributed by atoms with E-state index in [4.69, 9.17) is 15.2 Å². The molecule has 2 N–H and O–H groups in total. The number of carbonyl (C=O) groups excluding carboxylic acids is 1. The molecule has 2 heterocycles. The van der Waals surface area contributed by atoms with Crippen molar-refractivity contribution in [3.8, 4) is 0 Å². The van der Waals surface area contributed by atoms with Crippen LogP contribution in [0.5, 0.6) is 0 Å². The molecule has 1 aliphatic heterocycles. The van der Waals surface area contributed by atoms with Gasteiger partial charge >= 0.3 is 5.97 Å². The molecular weight excluding hydrogens is 278 g/mol. The largest absolute Gasteiger partial charge is 0.462 e. The number of nitrogens with zero attached hydrogens (tertiary/aromatic N) is 2. The number of methoxy groups -OCH3 is 1. The first-order valence-electron chi connectivity index (χ1n) is 6.78. The Bertz CT molecular complexity index is 477. The highest BCUT2D eigenvalue weighted by Crippen LogP contribution is 2.34. The number of piperidine rings is 1. The van der Waals surface area contributed by atoms with Crippen LogP contribution in [0.3, 0.4) is 0 Å². The fraction of sp³-hybridized carbons (Fsp3) is 0.692. The van der Waals surface area contributed by atoms with Gasteiger partial charge in [0.05, 0.1) is 12.7 Å². The maximum Gasteiger partial charge on any atom is 0.345 e. The second kappa shape index (κ2) is 6.41. The molecule has 2 unspecified atom stereocenters. The van der Waals surface area contributed by atoms with Crippen LogP contribution in [0.1, 0.15) is 30.6 Å². The summed E-state index contributed by atoms with van der Waals surface area (Å²) in [6.07, 6.45) is 1.17. The SMILES string of the molecule is CCOC(=O)c1c(N)nsc1N1CCC(C)C(OC)C1. The molecule has 1 aromatic heterocycles. The summed E-state index contributed by atoms with van der Waals surface area (Å²) >= 11 is 1.25. The maximum absolute atomic E-state index is 12.0. The molecule has 0 aromatic carbocycles. The Labute approximate surface area is 123 Å². The van der Waals surface area contributed by atoms with Crippen molar-refractivity contribution in [3.05, 3.63) is 5.56 Å². The maximum atomic E-state index is 12.0. The van der Waals surface area contributed by atoms with E-state index in [0.717, 1.165) is 24.5 Å². The molecule has 2 rings (SSSR count). The zero-order chi connectivity index (χ0) is 14.7. The molecule has 0 amide bonds. The van der Waals surface area contributed by atoms with Crippen LogP contribution < -0.4 is 10.6 Å². The van der Waals surface area contributed by atoms with Crippen LogP contribution in [-0.2, 0) is 9.47 Å². The Kier molecular flexibility index (Phi) is 4.82. The average molecular weight is 299 g/mol. The number of hydrogen-bond donors (Lipinski definition) is 1. The number of aromatic nitrogens is 1. The lowest BCUT2D eigenvalue weighted by Gasteiger charge is -2.36. The molecule has 0 spiro atoms. The van der Waals surface area contributed by atoms with Gasteiger partial charge in [-0.1, -0.05) is 6.92 Å². The number of esters is 1.